The van der Waals surface area contributed by atoms with Crippen LogP contribution in [0.1, 0.15) is 41.7 Å². The Hall–Kier alpha value is -2.28. The molecule has 1 amide bonds. The van der Waals surface area contributed by atoms with Crippen molar-refractivity contribution in [2.45, 2.75) is 37.9 Å². The van der Waals surface area contributed by atoms with E-state index in [9.17, 15) is 18.0 Å². The third-order valence-corrected chi connectivity index (χ3v) is 4.59. The molecule has 1 aliphatic carbocycles. The maximum Gasteiger partial charge on any atom is 0.416 e. The van der Waals surface area contributed by atoms with E-state index in [4.69, 9.17) is 11.6 Å². The highest BCUT2D eigenvalue weighted by molar-refractivity contribution is 6.33. The van der Waals surface area contributed by atoms with Crippen molar-refractivity contribution >= 4 is 28.9 Å². The highest BCUT2D eigenvalue weighted by Gasteiger charge is 2.31. The summed E-state index contributed by atoms with van der Waals surface area (Å²) < 4.78 is 38.5. The summed E-state index contributed by atoms with van der Waals surface area (Å²) in [6.45, 7) is 0. The number of nitrogens with one attached hydrogen (secondary N) is 2. The maximum atomic E-state index is 12.8. The second-order valence-corrected chi connectivity index (χ2v) is 6.61. The van der Waals surface area contributed by atoms with E-state index in [0.717, 1.165) is 36.7 Å². The topological polar surface area (TPSA) is 54.0 Å². The number of nitrogens with zero attached hydrogens (tertiary/aromatic N) is 1. The second-order valence-electron chi connectivity index (χ2n) is 6.20. The summed E-state index contributed by atoms with van der Waals surface area (Å²) in [7, 11) is 0. The minimum Gasteiger partial charge on any atom is -0.382 e. The largest absolute Gasteiger partial charge is 0.416 e. The molecule has 2 N–H and O–H groups in total. The second kappa shape index (κ2) is 7.53. The quantitative estimate of drug-likeness (QED) is 0.747. The molecule has 1 heterocycles. The van der Waals surface area contributed by atoms with Gasteiger partial charge >= 0.3 is 6.18 Å². The molecule has 1 aromatic heterocycles. The molecule has 0 saturated heterocycles. The number of carbonyl (C=O) groups excluding carboxylic acids is 1. The molecule has 0 aliphatic heterocycles. The fourth-order valence-electron chi connectivity index (χ4n) is 2.93. The van der Waals surface area contributed by atoms with Crippen molar-refractivity contribution in [2.24, 2.45) is 0 Å². The zero-order valence-corrected chi connectivity index (χ0v) is 14.5. The van der Waals surface area contributed by atoms with Crippen molar-refractivity contribution in [3.05, 3.63) is 52.8 Å². The van der Waals surface area contributed by atoms with Crippen molar-refractivity contribution in [3.63, 3.8) is 0 Å². The van der Waals surface area contributed by atoms with Crippen LogP contribution in [0.2, 0.25) is 5.02 Å². The van der Waals surface area contributed by atoms with Gasteiger partial charge in [-0.25, -0.2) is 0 Å². The van der Waals surface area contributed by atoms with Gasteiger partial charge in [0.25, 0.3) is 5.91 Å². The Balaban J connectivity index is 1.76. The smallest absolute Gasteiger partial charge is 0.382 e. The summed E-state index contributed by atoms with van der Waals surface area (Å²) in [4.78, 5) is 16.4. The first-order chi connectivity index (χ1) is 12.3. The van der Waals surface area contributed by atoms with Crippen LogP contribution in [0.25, 0.3) is 0 Å². The summed E-state index contributed by atoms with van der Waals surface area (Å²) in [6, 6.07) is 6.47. The van der Waals surface area contributed by atoms with Crippen LogP contribution in [-0.4, -0.2) is 16.9 Å². The predicted molar refractivity (Wildman–Crippen MR) is 94.5 cm³/mol. The molecule has 1 fully saturated rings. The van der Waals surface area contributed by atoms with Gasteiger partial charge in [-0.1, -0.05) is 24.4 Å². The van der Waals surface area contributed by atoms with Gasteiger partial charge in [0, 0.05) is 17.9 Å². The van der Waals surface area contributed by atoms with Gasteiger partial charge < -0.3 is 10.6 Å². The Labute approximate surface area is 153 Å². The lowest BCUT2D eigenvalue weighted by Crippen LogP contribution is -2.17. The Morgan fingerprint density at radius 3 is 2.58 bits per heavy atom. The van der Waals surface area contributed by atoms with Crippen LogP contribution in [0.5, 0.6) is 0 Å². The van der Waals surface area contributed by atoms with Crippen molar-refractivity contribution in [1.29, 1.82) is 0 Å². The number of anilines is 2. The van der Waals surface area contributed by atoms with Gasteiger partial charge in [-0.15, -0.1) is 0 Å². The fraction of sp³-hybridized carbons (Fsp3) is 0.333. The minimum absolute atomic E-state index is 0.0200. The van der Waals surface area contributed by atoms with Gasteiger partial charge in [-0.05, 0) is 43.2 Å². The lowest BCUT2D eigenvalue weighted by molar-refractivity contribution is -0.137. The van der Waals surface area contributed by atoms with Gasteiger partial charge in [0.2, 0.25) is 0 Å². The molecule has 2 aromatic rings. The highest BCUT2D eigenvalue weighted by atomic mass is 35.5. The highest BCUT2D eigenvalue weighted by Crippen LogP contribution is 2.34. The lowest BCUT2D eigenvalue weighted by Gasteiger charge is -2.14. The van der Waals surface area contributed by atoms with E-state index >= 15 is 0 Å². The first-order valence-electron chi connectivity index (χ1n) is 8.23. The number of aromatic nitrogens is 1. The van der Waals surface area contributed by atoms with E-state index in [0.29, 0.717) is 6.04 Å². The standard InChI is InChI=1S/C18H17ClF3N3O/c19-14-6-5-11(18(20,21)22)9-15(14)25-17(26)16-10-13(7-8-23-16)24-12-3-1-2-4-12/h5-10,12H,1-4H2,(H,23,24)(H,25,26). The summed E-state index contributed by atoms with van der Waals surface area (Å²) in [5.41, 5.74) is -0.141. The van der Waals surface area contributed by atoms with Crippen molar-refractivity contribution in [1.82, 2.24) is 4.98 Å². The fourth-order valence-corrected chi connectivity index (χ4v) is 3.10. The van der Waals surface area contributed by atoms with Gasteiger partial charge in [0.1, 0.15) is 5.69 Å². The van der Waals surface area contributed by atoms with Gasteiger partial charge in [-0.3, -0.25) is 9.78 Å². The molecule has 0 atom stereocenters. The van der Waals surface area contributed by atoms with Crippen LogP contribution in [0.15, 0.2) is 36.5 Å². The van der Waals surface area contributed by atoms with Gasteiger partial charge in [-0.2, -0.15) is 13.2 Å². The van der Waals surface area contributed by atoms with E-state index in [-0.39, 0.29) is 16.4 Å². The molecule has 0 spiro atoms. The number of hydrogen-bond donors (Lipinski definition) is 2. The number of rotatable bonds is 4. The Kier molecular flexibility index (Phi) is 5.36. The molecular weight excluding hydrogens is 367 g/mol. The molecule has 4 nitrogen and oxygen atoms in total. The van der Waals surface area contributed by atoms with Crippen LogP contribution in [-0.2, 0) is 6.18 Å². The zero-order valence-electron chi connectivity index (χ0n) is 13.7. The van der Waals surface area contributed by atoms with Crippen LogP contribution in [0.3, 0.4) is 0 Å². The molecule has 3 rings (SSSR count). The van der Waals surface area contributed by atoms with Gasteiger partial charge in [0.05, 0.1) is 16.3 Å². The number of hydrogen-bond acceptors (Lipinski definition) is 3. The number of alkyl halides is 3. The maximum absolute atomic E-state index is 12.8. The van der Waals surface area contributed by atoms with Crippen molar-refractivity contribution in [2.75, 3.05) is 10.6 Å². The van der Waals surface area contributed by atoms with E-state index in [1.54, 1.807) is 12.1 Å². The molecule has 1 aromatic carbocycles. The molecule has 0 radical (unpaired) electrons. The number of halogens is 4. The van der Waals surface area contributed by atoms with Crippen molar-refractivity contribution < 1.29 is 18.0 Å². The third kappa shape index (κ3) is 4.46. The molecule has 0 bridgehead atoms. The molecule has 8 heteroatoms. The van der Waals surface area contributed by atoms with Crippen LogP contribution in [0.4, 0.5) is 24.5 Å². The first-order valence-corrected chi connectivity index (χ1v) is 8.61. The normalized spacial score (nSPS) is 15.1. The molecule has 0 unspecified atom stereocenters. The molecule has 1 aliphatic rings. The number of pyridine rings is 1. The Morgan fingerprint density at radius 1 is 1.15 bits per heavy atom. The number of benzene rings is 1. The van der Waals surface area contributed by atoms with Gasteiger partial charge in [0.15, 0.2) is 0 Å². The zero-order chi connectivity index (χ0) is 18.7. The molecule has 26 heavy (non-hydrogen) atoms. The van der Waals surface area contributed by atoms with Crippen LogP contribution >= 0.6 is 11.6 Å². The minimum atomic E-state index is -4.52. The third-order valence-electron chi connectivity index (χ3n) is 4.26. The summed E-state index contributed by atoms with van der Waals surface area (Å²) in [5.74, 6) is -0.624. The van der Waals surface area contributed by atoms with E-state index in [1.165, 1.54) is 19.0 Å². The Bertz CT molecular complexity index is 805. The lowest BCUT2D eigenvalue weighted by atomic mass is 10.2. The van der Waals surface area contributed by atoms with E-state index in [1.807, 2.05) is 0 Å². The molecule has 1 saturated carbocycles. The monoisotopic (exact) mass is 383 g/mol. The molecular formula is C18H17ClF3N3O. The van der Waals surface area contributed by atoms with E-state index < -0.39 is 17.6 Å². The summed E-state index contributed by atoms with van der Waals surface area (Å²) >= 11 is 5.91. The predicted octanol–water partition coefficient (Wildman–Crippen LogP) is 5.36. The Morgan fingerprint density at radius 2 is 1.88 bits per heavy atom. The number of amides is 1. The van der Waals surface area contributed by atoms with Crippen LogP contribution < -0.4 is 10.6 Å². The summed E-state index contributed by atoms with van der Waals surface area (Å²) in [6.07, 6.45) is 1.45. The summed E-state index contributed by atoms with van der Waals surface area (Å²) in [5, 5.41) is 5.76. The van der Waals surface area contributed by atoms with Crippen molar-refractivity contribution in [3.8, 4) is 0 Å². The SMILES string of the molecule is O=C(Nc1cc(C(F)(F)F)ccc1Cl)c1cc(NC2CCCC2)ccn1. The van der Waals surface area contributed by atoms with E-state index in [2.05, 4.69) is 15.6 Å². The number of carbonyl (C=O) groups is 1. The van der Waals surface area contributed by atoms with Crippen LogP contribution in [0, 0.1) is 0 Å². The average molecular weight is 384 g/mol. The molecule has 138 valence electrons. The average Bonchev–Trinajstić information content (AvgIpc) is 3.09. The first kappa shape index (κ1) is 18.5.